The second kappa shape index (κ2) is 9.96. The second-order valence-corrected chi connectivity index (χ2v) is 6.99. The minimum Gasteiger partial charge on any atom is -0.449 e. The number of nitrogens with one attached hydrogen (secondary N) is 2. The lowest BCUT2D eigenvalue weighted by Gasteiger charge is -2.21. The van der Waals surface area contributed by atoms with Gasteiger partial charge in [-0.3, -0.25) is 0 Å². The fourth-order valence-corrected chi connectivity index (χ4v) is 3.47. The molecule has 3 aromatic rings. The normalized spacial score (nSPS) is 10.9. The Morgan fingerprint density at radius 1 is 1.27 bits per heavy atom. The van der Waals surface area contributed by atoms with Gasteiger partial charge in [-0.2, -0.15) is 0 Å². The molecule has 2 N–H and O–H groups in total. The van der Waals surface area contributed by atoms with E-state index in [0.717, 1.165) is 35.4 Å². The molecule has 8 nitrogen and oxygen atoms in total. The van der Waals surface area contributed by atoms with Crippen LogP contribution in [0.25, 0.3) is 11.0 Å². The number of hydrogen-bond acceptors (Lipinski definition) is 6. The monoisotopic (exact) mass is 412 g/mol. The number of rotatable bonds is 9. The number of carbonyl (C=O) groups excluding carboxylic acids is 1. The number of fused-ring (bicyclic) bond motifs is 1. The van der Waals surface area contributed by atoms with Crippen molar-refractivity contribution in [2.75, 3.05) is 31.1 Å². The van der Waals surface area contributed by atoms with Crippen LogP contribution < -0.4 is 15.8 Å². The van der Waals surface area contributed by atoms with Gasteiger partial charge in [-0.25, -0.2) is 14.6 Å². The Labute approximate surface area is 175 Å². The summed E-state index contributed by atoms with van der Waals surface area (Å²) < 4.78 is 10.8. The molecule has 1 aromatic carbocycles. The van der Waals surface area contributed by atoms with Gasteiger partial charge >= 0.3 is 11.7 Å². The van der Waals surface area contributed by atoms with Gasteiger partial charge in [0.05, 0.1) is 12.9 Å². The number of hydrogen-bond donors (Lipinski definition) is 2. The topological polar surface area (TPSA) is 100 Å². The Balaban J connectivity index is 1.61. The first kappa shape index (κ1) is 21.4. The molecule has 0 aliphatic rings. The Morgan fingerprint density at radius 2 is 2.07 bits per heavy atom. The van der Waals surface area contributed by atoms with Gasteiger partial charge in [0.25, 0.3) is 0 Å². The van der Waals surface area contributed by atoms with Crippen molar-refractivity contribution in [1.82, 2.24) is 15.3 Å². The van der Waals surface area contributed by atoms with Crippen LogP contribution in [-0.2, 0) is 17.6 Å². The Kier molecular flexibility index (Phi) is 7.11. The molecular weight excluding hydrogens is 384 g/mol. The highest BCUT2D eigenvalue weighted by molar-refractivity contribution is 5.84. The van der Waals surface area contributed by atoms with Crippen LogP contribution in [0.15, 0.2) is 39.9 Å². The number of ether oxygens (including phenoxy) is 1. The third-order valence-electron chi connectivity index (χ3n) is 5.20. The second-order valence-electron chi connectivity index (χ2n) is 6.99. The molecule has 0 aliphatic heterocycles. The SMILES string of the molecule is CCN(CC)c1ccc2c(C)c(CCOC(=O)NCCc3cnc[nH]3)c(=O)oc2c1. The maximum absolute atomic E-state index is 12.5. The minimum atomic E-state index is -0.513. The average Bonchev–Trinajstić information content (AvgIpc) is 3.25. The molecule has 0 spiro atoms. The number of benzene rings is 1. The maximum Gasteiger partial charge on any atom is 0.407 e. The van der Waals surface area contributed by atoms with E-state index in [4.69, 9.17) is 9.15 Å². The van der Waals surface area contributed by atoms with E-state index in [0.29, 0.717) is 30.5 Å². The molecule has 0 saturated heterocycles. The number of aryl methyl sites for hydroxylation is 1. The number of imidazole rings is 1. The summed E-state index contributed by atoms with van der Waals surface area (Å²) in [6, 6.07) is 5.92. The summed E-state index contributed by atoms with van der Waals surface area (Å²) in [4.78, 5) is 33.4. The fraction of sp³-hybridized carbons (Fsp3) is 0.409. The van der Waals surface area contributed by atoms with Crippen LogP contribution in [0.2, 0.25) is 0 Å². The Bertz CT molecular complexity index is 1040. The number of aromatic nitrogens is 2. The molecule has 0 bridgehead atoms. The van der Waals surface area contributed by atoms with Crippen molar-refractivity contribution in [1.29, 1.82) is 0 Å². The van der Waals surface area contributed by atoms with E-state index in [9.17, 15) is 9.59 Å². The average molecular weight is 412 g/mol. The highest BCUT2D eigenvalue weighted by atomic mass is 16.5. The van der Waals surface area contributed by atoms with Crippen LogP contribution >= 0.6 is 0 Å². The van der Waals surface area contributed by atoms with Gasteiger partial charge in [-0.05, 0) is 38.5 Å². The number of amides is 1. The zero-order valence-electron chi connectivity index (χ0n) is 17.7. The number of alkyl carbamates (subject to hydrolysis) is 1. The van der Waals surface area contributed by atoms with Gasteiger partial charge in [-0.15, -0.1) is 0 Å². The molecule has 0 unspecified atom stereocenters. The van der Waals surface area contributed by atoms with Crippen LogP contribution in [0.5, 0.6) is 0 Å². The van der Waals surface area contributed by atoms with E-state index >= 15 is 0 Å². The van der Waals surface area contributed by atoms with E-state index in [1.165, 1.54) is 0 Å². The lowest BCUT2D eigenvalue weighted by atomic mass is 10.0. The highest BCUT2D eigenvalue weighted by Crippen LogP contribution is 2.25. The molecule has 0 radical (unpaired) electrons. The van der Waals surface area contributed by atoms with Crippen LogP contribution in [0.4, 0.5) is 10.5 Å². The molecule has 160 valence electrons. The van der Waals surface area contributed by atoms with Crippen molar-refractivity contribution < 1.29 is 13.9 Å². The third kappa shape index (κ3) is 5.00. The lowest BCUT2D eigenvalue weighted by molar-refractivity contribution is 0.147. The number of carbonyl (C=O) groups is 1. The van der Waals surface area contributed by atoms with Gasteiger partial charge in [0.1, 0.15) is 5.58 Å². The van der Waals surface area contributed by atoms with Crippen molar-refractivity contribution in [3.8, 4) is 0 Å². The summed E-state index contributed by atoms with van der Waals surface area (Å²) >= 11 is 0. The van der Waals surface area contributed by atoms with Crippen molar-refractivity contribution in [2.24, 2.45) is 0 Å². The van der Waals surface area contributed by atoms with Gasteiger partial charge in [0.15, 0.2) is 0 Å². The van der Waals surface area contributed by atoms with Crippen molar-refractivity contribution >= 4 is 22.7 Å². The number of H-pyrrole nitrogens is 1. The Hall–Kier alpha value is -3.29. The largest absolute Gasteiger partial charge is 0.449 e. The van der Waals surface area contributed by atoms with Crippen LogP contribution in [0.3, 0.4) is 0 Å². The molecule has 0 atom stereocenters. The number of anilines is 1. The fourth-order valence-electron chi connectivity index (χ4n) is 3.47. The summed E-state index contributed by atoms with van der Waals surface area (Å²) in [7, 11) is 0. The number of aromatic amines is 1. The Morgan fingerprint density at radius 3 is 2.77 bits per heavy atom. The van der Waals surface area contributed by atoms with Gasteiger partial charge in [0, 0.05) is 67.1 Å². The van der Waals surface area contributed by atoms with Crippen molar-refractivity contribution in [3.63, 3.8) is 0 Å². The van der Waals surface area contributed by atoms with E-state index in [1.54, 1.807) is 12.5 Å². The quantitative estimate of drug-likeness (QED) is 0.524. The van der Waals surface area contributed by atoms with Crippen LogP contribution in [0.1, 0.15) is 30.7 Å². The highest BCUT2D eigenvalue weighted by Gasteiger charge is 2.14. The van der Waals surface area contributed by atoms with E-state index in [-0.39, 0.29) is 12.2 Å². The third-order valence-corrected chi connectivity index (χ3v) is 5.20. The van der Waals surface area contributed by atoms with Gasteiger partial charge in [0.2, 0.25) is 0 Å². The van der Waals surface area contributed by atoms with E-state index < -0.39 is 6.09 Å². The first-order valence-corrected chi connectivity index (χ1v) is 10.2. The molecule has 0 saturated carbocycles. The molecule has 3 rings (SSSR count). The molecule has 30 heavy (non-hydrogen) atoms. The molecule has 1 amide bonds. The summed E-state index contributed by atoms with van der Waals surface area (Å²) in [5.41, 5.74) is 3.53. The van der Waals surface area contributed by atoms with Crippen LogP contribution in [0, 0.1) is 6.92 Å². The maximum atomic E-state index is 12.5. The molecular formula is C22H28N4O4. The summed E-state index contributed by atoms with van der Waals surface area (Å²) in [5, 5.41) is 3.57. The lowest BCUT2D eigenvalue weighted by Crippen LogP contribution is -2.27. The predicted molar refractivity (Wildman–Crippen MR) is 116 cm³/mol. The summed E-state index contributed by atoms with van der Waals surface area (Å²) in [6.45, 7) is 8.38. The van der Waals surface area contributed by atoms with Gasteiger partial charge < -0.3 is 24.4 Å². The molecule has 8 heteroatoms. The minimum absolute atomic E-state index is 0.102. The smallest absolute Gasteiger partial charge is 0.407 e. The summed E-state index contributed by atoms with van der Waals surface area (Å²) in [6.07, 6.45) is 3.73. The first-order valence-electron chi connectivity index (χ1n) is 10.2. The van der Waals surface area contributed by atoms with E-state index in [2.05, 4.69) is 34.0 Å². The molecule has 0 aliphatic carbocycles. The molecule has 2 aromatic heterocycles. The zero-order valence-corrected chi connectivity index (χ0v) is 17.7. The van der Waals surface area contributed by atoms with Crippen molar-refractivity contribution in [2.45, 2.75) is 33.6 Å². The van der Waals surface area contributed by atoms with E-state index in [1.807, 2.05) is 25.1 Å². The first-order chi connectivity index (χ1) is 14.5. The summed E-state index contributed by atoms with van der Waals surface area (Å²) in [5.74, 6) is 0. The molecule has 0 fully saturated rings. The van der Waals surface area contributed by atoms with Gasteiger partial charge in [-0.1, -0.05) is 0 Å². The standard InChI is InChI=1S/C22H28N4O4/c1-4-26(5-2)17-6-7-18-15(3)19(21(27)30-20(18)12-17)9-11-29-22(28)24-10-8-16-13-23-14-25-16/h6-7,12-14H,4-5,8-11H2,1-3H3,(H,23,25)(H,24,28). The zero-order chi connectivity index (χ0) is 21.5. The molecule has 2 heterocycles. The van der Waals surface area contributed by atoms with Crippen LogP contribution in [-0.4, -0.2) is 42.3 Å². The predicted octanol–water partition coefficient (Wildman–Crippen LogP) is 3.18. The van der Waals surface area contributed by atoms with Crippen molar-refractivity contribution in [3.05, 3.63) is 58.0 Å². The number of nitrogens with zero attached hydrogens (tertiary/aromatic N) is 2.